The lowest BCUT2D eigenvalue weighted by molar-refractivity contribution is -0.127. The summed E-state index contributed by atoms with van der Waals surface area (Å²) in [5, 5.41) is 3.02. The molecular weight excluding hydrogens is 266 g/mol. The van der Waals surface area contributed by atoms with Gasteiger partial charge in [0.25, 0.3) is 0 Å². The van der Waals surface area contributed by atoms with Gasteiger partial charge >= 0.3 is 0 Å². The normalized spacial score (nSPS) is 18.4. The predicted octanol–water partition coefficient (Wildman–Crippen LogP) is 1.44. The molecule has 1 aromatic heterocycles. The first-order valence-electron chi connectivity index (χ1n) is 7.59. The van der Waals surface area contributed by atoms with Crippen LogP contribution < -0.4 is 5.32 Å². The van der Waals surface area contributed by atoms with E-state index in [1.807, 2.05) is 19.2 Å². The first-order valence-corrected chi connectivity index (χ1v) is 7.59. The van der Waals surface area contributed by atoms with Gasteiger partial charge < -0.3 is 10.1 Å². The van der Waals surface area contributed by atoms with Gasteiger partial charge in [0.05, 0.1) is 6.61 Å². The van der Waals surface area contributed by atoms with Gasteiger partial charge in [-0.2, -0.15) is 0 Å². The van der Waals surface area contributed by atoms with E-state index in [9.17, 15) is 4.79 Å². The monoisotopic (exact) mass is 291 g/mol. The van der Waals surface area contributed by atoms with E-state index in [1.165, 1.54) is 5.56 Å². The second-order valence-electron chi connectivity index (χ2n) is 5.78. The van der Waals surface area contributed by atoms with Crippen molar-refractivity contribution in [2.24, 2.45) is 5.92 Å². The number of hydrogen-bond acceptors (Lipinski definition) is 4. The van der Waals surface area contributed by atoms with E-state index >= 15 is 0 Å². The van der Waals surface area contributed by atoms with Crippen molar-refractivity contribution in [1.29, 1.82) is 0 Å². The SMILES string of the molecule is COC[C@@H](C)NC(=O)C1CCN(Cc2cccnc2)CC1. The molecule has 1 aromatic rings. The van der Waals surface area contributed by atoms with Gasteiger partial charge in [0.15, 0.2) is 0 Å². The maximum atomic E-state index is 12.2. The molecule has 5 heteroatoms. The van der Waals surface area contributed by atoms with Crippen molar-refractivity contribution in [2.75, 3.05) is 26.8 Å². The number of ether oxygens (including phenoxy) is 1. The van der Waals surface area contributed by atoms with Gasteiger partial charge in [-0.1, -0.05) is 6.07 Å². The van der Waals surface area contributed by atoms with Crippen LogP contribution in [0.15, 0.2) is 24.5 Å². The third kappa shape index (κ3) is 5.10. The zero-order valence-corrected chi connectivity index (χ0v) is 12.9. The van der Waals surface area contributed by atoms with Gasteiger partial charge in [0, 0.05) is 38.0 Å². The van der Waals surface area contributed by atoms with E-state index in [0.717, 1.165) is 32.5 Å². The first kappa shape index (κ1) is 15.9. The molecule has 1 fully saturated rings. The number of carbonyl (C=O) groups is 1. The highest BCUT2D eigenvalue weighted by Gasteiger charge is 2.25. The minimum absolute atomic E-state index is 0.0796. The van der Waals surface area contributed by atoms with Gasteiger partial charge in [0.2, 0.25) is 5.91 Å². The molecule has 0 aliphatic carbocycles. The molecule has 1 atom stereocenters. The predicted molar refractivity (Wildman–Crippen MR) is 81.7 cm³/mol. The van der Waals surface area contributed by atoms with Crippen LogP contribution in [-0.2, 0) is 16.1 Å². The summed E-state index contributed by atoms with van der Waals surface area (Å²) in [6.07, 6.45) is 5.55. The van der Waals surface area contributed by atoms with Gasteiger partial charge in [-0.05, 0) is 44.5 Å². The Hall–Kier alpha value is -1.46. The van der Waals surface area contributed by atoms with Crippen molar-refractivity contribution < 1.29 is 9.53 Å². The van der Waals surface area contributed by atoms with E-state index < -0.39 is 0 Å². The summed E-state index contributed by atoms with van der Waals surface area (Å²) in [7, 11) is 1.65. The fourth-order valence-electron chi connectivity index (χ4n) is 2.76. The molecule has 21 heavy (non-hydrogen) atoms. The highest BCUT2D eigenvalue weighted by Crippen LogP contribution is 2.19. The Bertz CT molecular complexity index is 430. The summed E-state index contributed by atoms with van der Waals surface area (Å²) in [6.45, 7) is 5.38. The summed E-state index contributed by atoms with van der Waals surface area (Å²) >= 11 is 0. The molecule has 0 spiro atoms. The summed E-state index contributed by atoms with van der Waals surface area (Å²) in [5.41, 5.74) is 1.23. The van der Waals surface area contributed by atoms with Crippen molar-refractivity contribution in [1.82, 2.24) is 15.2 Å². The second kappa shape index (κ2) is 8.10. The van der Waals surface area contributed by atoms with Crippen molar-refractivity contribution in [3.8, 4) is 0 Å². The maximum Gasteiger partial charge on any atom is 0.223 e. The lowest BCUT2D eigenvalue weighted by atomic mass is 9.95. The molecule has 0 saturated carbocycles. The molecule has 1 aliphatic heterocycles. The smallest absolute Gasteiger partial charge is 0.223 e. The van der Waals surface area contributed by atoms with Crippen LogP contribution in [0.2, 0.25) is 0 Å². The molecule has 1 N–H and O–H groups in total. The second-order valence-corrected chi connectivity index (χ2v) is 5.78. The van der Waals surface area contributed by atoms with E-state index in [0.29, 0.717) is 6.61 Å². The molecule has 1 aliphatic rings. The average molecular weight is 291 g/mol. The van der Waals surface area contributed by atoms with Crippen molar-refractivity contribution >= 4 is 5.91 Å². The van der Waals surface area contributed by atoms with Crippen molar-refractivity contribution in [2.45, 2.75) is 32.4 Å². The number of pyridine rings is 1. The Morgan fingerprint density at radius 1 is 1.52 bits per heavy atom. The molecule has 0 unspecified atom stereocenters. The number of aromatic nitrogens is 1. The number of hydrogen-bond donors (Lipinski definition) is 1. The van der Waals surface area contributed by atoms with E-state index in [4.69, 9.17) is 4.74 Å². The van der Waals surface area contributed by atoms with Crippen LogP contribution in [0, 0.1) is 5.92 Å². The Morgan fingerprint density at radius 3 is 2.90 bits per heavy atom. The minimum atomic E-state index is 0.0796. The highest BCUT2D eigenvalue weighted by atomic mass is 16.5. The number of nitrogens with one attached hydrogen (secondary N) is 1. The number of carbonyl (C=O) groups excluding carboxylic acids is 1. The quantitative estimate of drug-likeness (QED) is 0.862. The van der Waals surface area contributed by atoms with Gasteiger partial charge in [0.1, 0.15) is 0 Å². The van der Waals surface area contributed by atoms with E-state index in [2.05, 4.69) is 21.3 Å². The molecule has 5 nitrogen and oxygen atoms in total. The fraction of sp³-hybridized carbons (Fsp3) is 0.625. The third-order valence-corrected chi connectivity index (χ3v) is 3.89. The Balaban J connectivity index is 1.74. The number of methoxy groups -OCH3 is 1. The third-order valence-electron chi connectivity index (χ3n) is 3.89. The molecule has 2 heterocycles. The first-order chi connectivity index (χ1) is 10.2. The van der Waals surface area contributed by atoms with E-state index in [1.54, 1.807) is 13.3 Å². The summed E-state index contributed by atoms with van der Waals surface area (Å²) in [5.74, 6) is 0.301. The van der Waals surface area contributed by atoms with Crippen LogP contribution in [0.25, 0.3) is 0 Å². The van der Waals surface area contributed by atoms with Crippen LogP contribution in [-0.4, -0.2) is 48.6 Å². The van der Waals surface area contributed by atoms with Gasteiger partial charge in [-0.3, -0.25) is 14.7 Å². The summed E-state index contributed by atoms with van der Waals surface area (Å²) < 4.78 is 5.05. The van der Waals surface area contributed by atoms with E-state index in [-0.39, 0.29) is 17.9 Å². The molecule has 0 bridgehead atoms. The van der Waals surface area contributed by atoms with Crippen LogP contribution in [0.1, 0.15) is 25.3 Å². The van der Waals surface area contributed by atoms with Crippen LogP contribution in [0.3, 0.4) is 0 Å². The highest BCUT2D eigenvalue weighted by molar-refractivity contribution is 5.79. The topological polar surface area (TPSA) is 54.5 Å². The summed E-state index contributed by atoms with van der Waals surface area (Å²) in [4.78, 5) is 18.7. The lowest BCUT2D eigenvalue weighted by Gasteiger charge is -2.31. The van der Waals surface area contributed by atoms with Crippen LogP contribution in [0.4, 0.5) is 0 Å². The number of piperidine rings is 1. The Kier molecular flexibility index (Phi) is 6.14. The maximum absolute atomic E-state index is 12.2. The summed E-state index contributed by atoms with van der Waals surface area (Å²) in [6, 6.07) is 4.14. The lowest BCUT2D eigenvalue weighted by Crippen LogP contribution is -2.44. The van der Waals surface area contributed by atoms with Crippen molar-refractivity contribution in [3.05, 3.63) is 30.1 Å². The van der Waals surface area contributed by atoms with Crippen LogP contribution in [0.5, 0.6) is 0 Å². The molecule has 0 radical (unpaired) electrons. The number of likely N-dealkylation sites (tertiary alicyclic amines) is 1. The molecule has 1 saturated heterocycles. The van der Waals surface area contributed by atoms with Crippen molar-refractivity contribution in [3.63, 3.8) is 0 Å². The number of nitrogens with zero attached hydrogens (tertiary/aromatic N) is 2. The van der Waals surface area contributed by atoms with Crippen LogP contribution >= 0.6 is 0 Å². The number of amides is 1. The Morgan fingerprint density at radius 2 is 2.29 bits per heavy atom. The van der Waals surface area contributed by atoms with Gasteiger partial charge in [-0.15, -0.1) is 0 Å². The molecule has 0 aromatic carbocycles. The number of rotatable bonds is 6. The molecular formula is C16H25N3O2. The fourth-order valence-corrected chi connectivity index (χ4v) is 2.76. The molecule has 1 amide bonds. The average Bonchev–Trinajstić information content (AvgIpc) is 2.49. The molecule has 2 rings (SSSR count). The zero-order valence-electron chi connectivity index (χ0n) is 12.9. The Labute approximate surface area is 126 Å². The zero-order chi connectivity index (χ0) is 15.1. The molecule has 116 valence electrons. The minimum Gasteiger partial charge on any atom is -0.383 e. The van der Waals surface area contributed by atoms with Gasteiger partial charge in [-0.25, -0.2) is 0 Å². The standard InChI is InChI=1S/C16H25N3O2/c1-13(12-21-2)18-16(20)15-5-8-19(9-6-15)11-14-4-3-7-17-10-14/h3-4,7,10,13,15H,5-6,8-9,11-12H2,1-2H3,(H,18,20)/t13-/m1/s1. The largest absolute Gasteiger partial charge is 0.383 e.